The summed E-state index contributed by atoms with van der Waals surface area (Å²) >= 11 is 0. The second kappa shape index (κ2) is 17.3. The van der Waals surface area contributed by atoms with Gasteiger partial charge in [-0.3, -0.25) is 28.9 Å². The Labute approximate surface area is 267 Å². The van der Waals surface area contributed by atoms with Crippen molar-refractivity contribution in [1.29, 1.82) is 0 Å². The molecule has 0 spiro atoms. The van der Waals surface area contributed by atoms with Crippen molar-refractivity contribution in [1.82, 2.24) is 10.2 Å². The first kappa shape index (κ1) is 39.5. The summed E-state index contributed by atoms with van der Waals surface area (Å²) in [6.07, 6.45) is -0.0359. The van der Waals surface area contributed by atoms with Crippen molar-refractivity contribution in [3.8, 4) is 0 Å². The van der Waals surface area contributed by atoms with E-state index < -0.39 is 82.7 Å². The monoisotopic (exact) mass is 631 g/mol. The normalized spacial score (nSPS) is 15.6. The van der Waals surface area contributed by atoms with Crippen LogP contribution < -0.4 is 22.5 Å². The molecular weight excluding hydrogens is 578 g/mol. The summed E-state index contributed by atoms with van der Waals surface area (Å²) in [6, 6.07) is 3.74. The highest BCUT2D eigenvalue weighted by Crippen LogP contribution is 2.26. The van der Waals surface area contributed by atoms with Gasteiger partial charge in [-0.2, -0.15) is 0 Å². The summed E-state index contributed by atoms with van der Waals surface area (Å²) in [4.78, 5) is 82.7. The number of rotatable bonds is 17. The van der Waals surface area contributed by atoms with Crippen LogP contribution >= 0.6 is 0 Å². The molecule has 3 amide bonds. The van der Waals surface area contributed by atoms with Gasteiger partial charge in [0.15, 0.2) is 11.3 Å². The first-order valence-corrected chi connectivity index (χ1v) is 15.6. The second-order valence-electron chi connectivity index (χ2n) is 13.0. The van der Waals surface area contributed by atoms with Crippen LogP contribution in [0, 0.1) is 23.7 Å². The molecule has 0 aromatic heterocycles. The molecule has 0 heterocycles. The number of amides is 3. The van der Waals surface area contributed by atoms with Crippen LogP contribution in [0.25, 0.3) is 0 Å². The molecule has 0 bridgehead atoms. The van der Waals surface area contributed by atoms with Gasteiger partial charge in [-0.25, -0.2) is 4.79 Å². The Balaban J connectivity index is 3.70. The third-order valence-electron chi connectivity index (χ3n) is 7.87. The van der Waals surface area contributed by atoms with Crippen LogP contribution in [0.4, 0.5) is 0 Å². The number of hydrogen-bond donors (Lipinski definition) is 4. The van der Waals surface area contributed by atoms with Crippen molar-refractivity contribution in [3.63, 3.8) is 0 Å². The molecular formula is C33H53N5O7. The summed E-state index contributed by atoms with van der Waals surface area (Å²) in [5.41, 5.74) is 17.0. The van der Waals surface area contributed by atoms with Gasteiger partial charge in [-0.1, -0.05) is 92.6 Å². The fourth-order valence-electron chi connectivity index (χ4n) is 4.59. The van der Waals surface area contributed by atoms with Gasteiger partial charge in [-0.15, -0.1) is 0 Å². The smallest absolute Gasteiger partial charge is 0.329 e. The lowest BCUT2D eigenvalue weighted by molar-refractivity contribution is -0.163. The molecule has 45 heavy (non-hydrogen) atoms. The third kappa shape index (κ3) is 10.0. The molecule has 12 heteroatoms. The summed E-state index contributed by atoms with van der Waals surface area (Å²) < 4.78 is 5.47. The number of Topliss-reactive ketones (excluding diaryl/α,β-unsaturated/α-hetero) is 2. The van der Waals surface area contributed by atoms with Crippen molar-refractivity contribution >= 4 is 35.3 Å². The Kier molecular flexibility index (Phi) is 15.2. The number of nitrogens with one attached hydrogen (secondary N) is 1. The van der Waals surface area contributed by atoms with Gasteiger partial charge in [0.25, 0.3) is 11.8 Å². The minimum atomic E-state index is -2.36. The molecule has 5 atom stereocenters. The van der Waals surface area contributed by atoms with E-state index in [4.69, 9.17) is 21.9 Å². The molecule has 0 aliphatic carbocycles. The molecule has 1 aromatic rings. The number of hydrogen-bond acceptors (Lipinski definition) is 10. The van der Waals surface area contributed by atoms with Crippen LogP contribution in [0.2, 0.25) is 0 Å². The summed E-state index contributed by atoms with van der Waals surface area (Å²) in [5.74, 6) is -8.24. The van der Waals surface area contributed by atoms with E-state index in [0.29, 0.717) is 4.90 Å². The number of nitrogens with zero attached hydrogens (tertiary/aromatic N) is 1. The zero-order valence-corrected chi connectivity index (χ0v) is 28.2. The standard InChI is InChI=1S/C33H53N5O7/c1-10-23(34)27(39)30(42)38(32(44)33(36,21(8)9)28(40)25(35)19(4)5)24(16-18(2)3)29(41)37-26(20(6)7)31(43)45-17-22-14-12-11-13-15-22/h11-15,18-21,23-26H,10,16-17,34-36H2,1-9H3,(H,37,41)/t23-,24+,25-,26-,33+/m0/s1. The third-order valence-corrected chi connectivity index (χ3v) is 7.87. The van der Waals surface area contributed by atoms with Gasteiger partial charge < -0.3 is 27.3 Å². The summed E-state index contributed by atoms with van der Waals surface area (Å²) in [5, 5.41) is 2.63. The van der Waals surface area contributed by atoms with E-state index in [9.17, 15) is 28.8 Å². The number of esters is 1. The first-order valence-electron chi connectivity index (χ1n) is 15.6. The molecule has 0 saturated carbocycles. The molecule has 0 fully saturated rings. The number of ketones is 2. The van der Waals surface area contributed by atoms with Crippen LogP contribution in [0.15, 0.2) is 30.3 Å². The van der Waals surface area contributed by atoms with Crippen molar-refractivity contribution < 1.29 is 33.5 Å². The molecule has 1 rings (SSSR count). The van der Waals surface area contributed by atoms with E-state index in [-0.39, 0.29) is 25.4 Å². The van der Waals surface area contributed by atoms with E-state index in [1.54, 1.807) is 72.7 Å². The summed E-state index contributed by atoms with van der Waals surface area (Å²) in [7, 11) is 0. The lowest BCUT2D eigenvalue weighted by Gasteiger charge is -2.40. The number of benzene rings is 1. The predicted molar refractivity (Wildman–Crippen MR) is 171 cm³/mol. The predicted octanol–water partition coefficient (Wildman–Crippen LogP) is 1.85. The Bertz CT molecular complexity index is 1200. The Morgan fingerprint density at radius 3 is 1.89 bits per heavy atom. The van der Waals surface area contributed by atoms with Crippen molar-refractivity contribution in [2.45, 2.75) is 111 Å². The minimum absolute atomic E-state index is 0.0387. The number of carbonyl (C=O) groups excluding carboxylic acids is 6. The van der Waals surface area contributed by atoms with Crippen molar-refractivity contribution in [3.05, 3.63) is 35.9 Å². The fourth-order valence-corrected chi connectivity index (χ4v) is 4.59. The zero-order valence-electron chi connectivity index (χ0n) is 28.2. The first-order chi connectivity index (χ1) is 20.8. The highest BCUT2D eigenvalue weighted by atomic mass is 16.5. The largest absolute Gasteiger partial charge is 0.459 e. The van der Waals surface area contributed by atoms with E-state index in [2.05, 4.69) is 5.32 Å². The van der Waals surface area contributed by atoms with Crippen molar-refractivity contribution in [2.75, 3.05) is 0 Å². The van der Waals surface area contributed by atoms with Crippen LogP contribution in [-0.2, 0) is 40.1 Å². The van der Waals surface area contributed by atoms with Gasteiger partial charge in [0, 0.05) is 0 Å². The Hall–Kier alpha value is -3.48. The second-order valence-corrected chi connectivity index (χ2v) is 13.0. The minimum Gasteiger partial charge on any atom is -0.459 e. The number of imide groups is 1. The number of carbonyl (C=O) groups is 6. The molecule has 252 valence electrons. The van der Waals surface area contributed by atoms with E-state index in [1.165, 1.54) is 13.8 Å². The maximum atomic E-state index is 14.4. The molecule has 0 unspecified atom stereocenters. The molecule has 0 aliphatic heterocycles. The Morgan fingerprint density at radius 2 is 1.44 bits per heavy atom. The molecule has 1 aromatic carbocycles. The van der Waals surface area contributed by atoms with Crippen LogP contribution in [0.3, 0.4) is 0 Å². The molecule has 0 radical (unpaired) electrons. The fraction of sp³-hybridized carbons (Fsp3) is 0.636. The maximum absolute atomic E-state index is 14.4. The van der Waals surface area contributed by atoms with E-state index >= 15 is 0 Å². The van der Waals surface area contributed by atoms with Gasteiger partial charge in [-0.05, 0) is 42.1 Å². The SMILES string of the molecule is CC[C@H](N)C(=O)C(=O)N(C(=O)[C@](N)(C(=O)[C@@H](N)C(C)C)C(C)C)[C@H](CC(C)C)C(=O)N[C@H](C(=O)OCc1ccccc1)C(C)C. The number of nitrogens with two attached hydrogens (primary N) is 3. The molecule has 0 saturated heterocycles. The van der Waals surface area contributed by atoms with Gasteiger partial charge in [0.1, 0.15) is 18.7 Å². The van der Waals surface area contributed by atoms with Gasteiger partial charge in [0.05, 0.1) is 12.1 Å². The van der Waals surface area contributed by atoms with Crippen LogP contribution in [-0.4, -0.2) is 69.9 Å². The number of ether oxygens (including phenoxy) is 1. The van der Waals surface area contributed by atoms with Gasteiger partial charge >= 0.3 is 5.97 Å². The molecule has 7 N–H and O–H groups in total. The topological polar surface area (TPSA) is 205 Å². The average molecular weight is 632 g/mol. The lowest BCUT2D eigenvalue weighted by Crippen LogP contribution is -2.71. The zero-order chi connectivity index (χ0) is 34.8. The van der Waals surface area contributed by atoms with Crippen LogP contribution in [0.1, 0.15) is 80.7 Å². The quantitative estimate of drug-likeness (QED) is 0.112. The Morgan fingerprint density at radius 1 is 0.889 bits per heavy atom. The average Bonchev–Trinajstić information content (AvgIpc) is 2.99. The molecule has 12 nitrogen and oxygen atoms in total. The summed E-state index contributed by atoms with van der Waals surface area (Å²) in [6.45, 7) is 14.8. The lowest BCUT2D eigenvalue weighted by atomic mass is 9.76. The highest BCUT2D eigenvalue weighted by molar-refractivity contribution is 6.42. The van der Waals surface area contributed by atoms with Gasteiger partial charge in [0.2, 0.25) is 11.7 Å². The highest BCUT2D eigenvalue weighted by Gasteiger charge is 2.54. The van der Waals surface area contributed by atoms with E-state index in [1.807, 2.05) is 6.07 Å². The van der Waals surface area contributed by atoms with Crippen molar-refractivity contribution in [2.24, 2.45) is 40.9 Å². The maximum Gasteiger partial charge on any atom is 0.329 e. The van der Waals surface area contributed by atoms with E-state index in [0.717, 1.165) is 5.56 Å². The van der Waals surface area contributed by atoms with Crippen LogP contribution in [0.5, 0.6) is 0 Å². The molecule has 0 aliphatic rings.